The molecule has 0 aliphatic heterocycles. The molecule has 3 rings (SSSR count). The topological polar surface area (TPSA) is 40.7 Å². The first-order valence-electron chi connectivity index (χ1n) is 5.99. The molecule has 1 aromatic carbocycles. The third-order valence-electron chi connectivity index (χ3n) is 2.88. The summed E-state index contributed by atoms with van der Waals surface area (Å²) in [5, 5.41) is 12.2. The smallest absolute Gasteiger partial charge is 0.146 e. The molecule has 3 aromatic rings. The van der Waals surface area contributed by atoms with Gasteiger partial charge in [0.25, 0.3) is 0 Å². The number of benzene rings is 1. The van der Waals surface area contributed by atoms with E-state index < -0.39 is 0 Å². The third-order valence-corrected chi connectivity index (χ3v) is 4.26. The van der Waals surface area contributed by atoms with Crippen LogP contribution in [0.15, 0.2) is 46.4 Å². The molecule has 0 atom stereocenters. The number of rotatable bonds is 4. The molecule has 0 spiro atoms. The van der Waals surface area contributed by atoms with E-state index in [-0.39, 0.29) is 5.82 Å². The zero-order valence-electron chi connectivity index (χ0n) is 10.4. The molecule has 6 heteroatoms. The molecule has 0 unspecified atom stereocenters. The van der Waals surface area contributed by atoms with Crippen LogP contribution in [-0.4, -0.2) is 10.2 Å². The molecule has 0 saturated carbocycles. The molecule has 2 N–H and O–H groups in total. The van der Waals surface area contributed by atoms with Crippen LogP contribution < -0.4 is 5.32 Å². The van der Waals surface area contributed by atoms with Gasteiger partial charge < -0.3 is 5.32 Å². The lowest BCUT2D eigenvalue weighted by atomic mass is 10.2. The van der Waals surface area contributed by atoms with Crippen molar-refractivity contribution in [2.75, 3.05) is 5.32 Å². The van der Waals surface area contributed by atoms with E-state index in [1.54, 1.807) is 29.7 Å². The maximum absolute atomic E-state index is 13.7. The average Bonchev–Trinajstić information content (AvgIpc) is 3.09. The molecular weight excluding hydrogens is 341 g/mol. The fourth-order valence-electron chi connectivity index (χ4n) is 1.90. The summed E-state index contributed by atoms with van der Waals surface area (Å²) in [5.74, 6) is -0.269. The van der Waals surface area contributed by atoms with Crippen LogP contribution in [0.4, 0.5) is 10.1 Å². The average molecular weight is 352 g/mol. The van der Waals surface area contributed by atoms with Crippen molar-refractivity contribution in [1.82, 2.24) is 10.2 Å². The summed E-state index contributed by atoms with van der Waals surface area (Å²) in [4.78, 5) is 1.12. The Labute approximate surface area is 128 Å². The highest BCUT2D eigenvalue weighted by Crippen LogP contribution is 2.27. The van der Waals surface area contributed by atoms with Gasteiger partial charge in [-0.3, -0.25) is 5.10 Å². The molecule has 0 amide bonds. The van der Waals surface area contributed by atoms with Crippen molar-refractivity contribution in [3.8, 4) is 10.6 Å². The summed E-state index contributed by atoms with van der Waals surface area (Å²) < 4.78 is 14.5. The van der Waals surface area contributed by atoms with Gasteiger partial charge in [-0.25, -0.2) is 4.39 Å². The van der Waals surface area contributed by atoms with Crippen LogP contribution in [0.3, 0.4) is 0 Å². The highest BCUT2D eigenvalue weighted by molar-refractivity contribution is 9.10. The predicted molar refractivity (Wildman–Crippen MR) is 83.3 cm³/mol. The van der Waals surface area contributed by atoms with Crippen LogP contribution in [0.25, 0.3) is 10.6 Å². The molecule has 2 heterocycles. The summed E-state index contributed by atoms with van der Waals surface area (Å²) in [6.45, 7) is 0.511. The van der Waals surface area contributed by atoms with Crippen molar-refractivity contribution in [2.24, 2.45) is 0 Å². The zero-order valence-corrected chi connectivity index (χ0v) is 12.8. The largest absolute Gasteiger partial charge is 0.378 e. The van der Waals surface area contributed by atoms with Crippen molar-refractivity contribution >= 4 is 33.0 Å². The van der Waals surface area contributed by atoms with E-state index in [0.717, 1.165) is 20.6 Å². The van der Waals surface area contributed by atoms with Gasteiger partial charge in [0.05, 0.1) is 22.5 Å². The van der Waals surface area contributed by atoms with Gasteiger partial charge in [-0.05, 0) is 29.6 Å². The highest BCUT2D eigenvalue weighted by Gasteiger charge is 2.09. The Kier molecular flexibility index (Phi) is 3.84. The molecule has 2 aromatic heterocycles. The number of nitrogens with one attached hydrogen (secondary N) is 2. The Hall–Kier alpha value is -1.66. The van der Waals surface area contributed by atoms with Gasteiger partial charge in [-0.2, -0.15) is 5.10 Å². The molecular formula is C14H11BrFN3S. The van der Waals surface area contributed by atoms with Crippen molar-refractivity contribution < 1.29 is 4.39 Å². The highest BCUT2D eigenvalue weighted by atomic mass is 79.9. The quantitative estimate of drug-likeness (QED) is 0.718. The van der Waals surface area contributed by atoms with Crippen LogP contribution in [0.5, 0.6) is 0 Å². The number of hydrogen-bond acceptors (Lipinski definition) is 3. The summed E-state index contributed by atoms with van der Waals surface area (Å²) in [7, 11) is 0. The van der Waals surface area contributed by atoms with Gasteiger partial charge in [-0.1, -0.05) is 22.0 Å². The number of thiophene rings is 1. The Morgan fingerprint density at radius 3 is 3.05 bits per heavy atom. The predicted octanol–water partition coefficient (Wildman–Crippen LogP) is 4.65. The zero-order chi connectivity index (χ0) is 13.9. The standard InChI is InChI=1S/C14H11BrFN3S/c15-10-3-4-11(16)12(6-10)17-7-9-8-18-19-14(9)13-2-1-5-20-13/h1-6,8,17H,7H2,(H,18,19). The first-order valence-corrected chi connectivity index (χ1v) is 7.66. The van der Waals surface area contributed by atoms with Crippen LogP contribution in [-0.2, 0) is 6.54 Å². The van der Waals surface area contributed by atoms with Crippen molar-refractivity contribution in [2.45, 2.75) is 6.54 Å². The Morgan fingerprint density at radius 1 is 1.35 bits per heavy atom. The van der Waals surface area contributed by atoms with E-state index in [4.69, 9.17) is 0 Å². The molecule has 20 heavy (non-hydrogen) atoms. The van der Waals surface area contributed by atoms with Crippen LogP contribution in [0.2, 0.25) is 0 Å². The minimum atomic E-state index is -0.269. The summed E-state index contributed by atoms with van der Waals surface area (Å²) in [5.41, 5.74) is 2.45. The van der Waals surface area contributed by atoms with Gasteiger partial charge in [0.15, 0.2) is 0 Å². The molecule has 0 aliphatic carbocycles. The minimum absolute atomic E-state index is 0.269. The SMILES string of the molecule is Fc1ccc(Br)cc1NCc1cn[nH]c1-c1cccs1. The van der Waals surface area contributed by atoms with Crippen molar-refractivity contribution in [1.29, 1.82) is 0 Å². The van der Waals surface area contributed by atoms with Gasteiger partial charge in [0.2, 0.25) is 0 Å². The lowest BCUT2D eigenvalue weighted by Gasteiger charge is -2.08. The lowest BCUT2D eigenvalue weighted by molar-refractivity contribution is 0.630. The van der Waals surface area contributed by atoms with E-state index in [1.165, 1.54) is 6.07 Å². The van der Waals surface area contributed by atoms with Crippen molar-refractivity contribution in [3.05, 3.63) is 57.8 Å². The van der Waals surface area contributed by atoms with Gasteiger partial charge in [0.1, 0.15) is 5.82 Å². The molecule has 0 aliphatic rings. The monoisotopic (exact) mass is 351 g/mol. The fraction of sp³-hybridized carbons (Fsp3) is 0.0714. The van der Waals surface area contributed by atoms with Crippen molar-refractivity contribution in [3.63, 3.8) is 0 Å². The maximum Gasteiger partial charge on any atom is 0.146 e. The number of H-pyrrole nitrogens is 1. The van der Waals surface area contributed by atoms with E-state index in [2.05, 4.69) is 31.4 Å². The second kappa shape index (κ2) is 5.76. The summed E-state index contributed by atoms with van der Waals surface area (Å²) in [6.07, 6.45) is 1.76. The van der Waals surface area contributed by atoms with E-state index in [0.29, 0.717) is 12.2 Å². The van der Waals surface area contributed by atoms with Crippen LogP contribution in [0.1, 0.15) is 5.56 Å². The molecule has 3 nitrogen and oxygen atoms in total. The summed E-state index contributed by atoms with van der Waals surface area (Å²) in [6, 6.07) is 8.85. The second-order valence-electron chi connectivity index (χ2n) is 4.23. The van der Waals surface area contributed by atoms with Gasteiger partial charge in [-0.15, -0.1) is 11.3 Å². The number of anilines is 1. The number of aromatic amines is 1. The lowest BCUT2D eigenvalue weighted by Crippen LogP contribution is -2.01. The van der Waals surface area contributed by atoms with Gasteiger partial charge >= 0.3 is 0 Å². The number of halogens is 2. The Bertz CT molecular complexity index is 709. The van der Waals surface area contributed by atoms with E-state index >= 15 is 0 Å². The Morgan fingerprint density at radius 2 is 2.25 bits per heavy atom. The summed E-state index contributed by atoms with van der Waals surface area (Å²) >= 11 is 4.98. The normalized spacial score (nSPS) is 10.7. The maximum atomic E-state index is 13.7. The molecule has 0 radical (unpaired) electrons. The first kappa shape index (κ1) is 13.3. The molecule has 102 valence electrons. The minimum Gasteiger partial charge on any atom is -0.378 e. The Balaban J connectivity index is 1.79. The number of nitrogens with zero attached hydrogens (tertiary/aromatic N) is 1. The van der Waals surface area contributed by atoms with Crippen LogP contribution in [0, 0.1) is 5.82 Å². The second-order valence-corrected chi connectivity index (χ2v) is 6.09. The third kappa shape index (κ3) is 2.76. The molecule has 0 bridgehead atoms. The van der Waals surface area contributed by atoms with E-state index in [9.17, 15) is 4.39 Å². The number of hydrogen-bond donors (Lipinski definition) is 2. The van der Waals surface area contributed by atoms with Crippen LogP contribution >= 0.6 is 27.3 Å². The number of aromatic nitrogens is 2. The fourth-order valence-corrected chi connectivity index (χ4v) is 3.02. The first-order chi connectivity index (χ1) is 9.74. The molecule has 0 fully saturated rings. The van der Waals surface area contributed by atoms with E-state index in [1.807, 2.05) is 17.5 Å². The molecule has 0 saturated heterocycles. The van der Waals surface area contributed by atoms with Gasteiger partial charge in [0, 0.05) is 16.6 Å².